The fraction of sp³-hybridized carbons (Fsp3) is 0.417. The predicted octanol–water partition coefficient (Wildman–Crippen LogP) is 0.688. The summed E-state index contributed by atoms with van der Waals surface area (Å²) in [5.41, 5.74) is 7.13. The van der Waals surface area contributed by atoms with Gasteiger partial charge in [0.1, 0.15) is 13.2 Å². The van der Waals surface area contributed by atoms with E-state index in [9.17, 15) is 4.79 Å². The maximum atomic E-state index is 10.9. The number of primary amides is 1. The van der Waals surface area contributed by atoms with Gasteiger partial charge in [-0.2, -0.15) is 0 Å². The highest BCUT2D eigenvalue weighted by Gasteiger charge is 2.16. The van der Waals surface area contributed by atoms with Gasteiger partial charge in [0, 0.05) is 18.8 Å². The van der Waals surface area contributed by atoms with E-state index in [4.69, 9.17) is 15.2 Å². The average Bonchev–Trinajstić information content (AvgIpc) is 2.27. The molecule has 0 unspecified atom stereocenters. The number of hydrogen-bond donors (Lipinski definition) is 1. The summed E-state index contributed by atoms with van der Waals surface area (Å²) in [4.78, 5) is 12.7. The van der Waals surface area contributed by atoms with Crippen molar-refractivity contribution in [3.8, 4) is 11.5 Å². The van der Waals surface area contributed by atoms with Gasteiger partial charge >= 0.3 is 0 Å². The highest BCUT2D eigenvalue weighted by atomic mass is 16.6. The monoisotopic (exact) mass is 236 g/mol. The second-order valence-electron chi connectivity index (χ2n) is 4.10. The molecule has 0 saturated heterocycles. The highest BCUT2D eigenvalue weighted by Crippen LogP contribution is 2.36. The van der Waals surface area contributed by atoms with E-state index in [0.29, 0.717) is 19.0 Å². The Kier molecular flexibility index (Phi) is 3.08. The van der Waals surface area contributed by atoms with E-state index >= 15 is 0 Å². The molecule has 0 aliphatic carbocycles. The molecule has 17 heavy (non-hydrogen) atoms. The minimum Gasteiger partial charge on any atom is -0.486 e. The van der Waals surface area contributed by atoms with Crippen LogP contribution >= 0.6 is 0 Å². The molecule has 1 aliphatic heterocycles. The molecular weight excluding hydrogens is 220 g/mol. The van der Waals surface area contributed by atoms with Crippen LogP contribution in [0.25, 0.3) is 0 Å². The molecule has 0 atom stereocenters. The number of ether oxygens (including phenoxy) is 2. The summed E-state index contributed by atoms with van der Waals surface area (Å²) in [6.45, 7) is 3.27. The molecule has 1 aromatic carbocycles. The molecule has 0 radical (unpaired) electrons. The van der Waals surface area contributed by atoms with Crippen LogP contribution in [-0.4, -0.2) is 32.7 Å². The Morgan fingerprint density at radius 1 is 1.35 bits per heavy atom. The van der Waals surface area contributed by atoms with Gasteiger partial charge in [-0.1, -0.05) is 0 Å². The number of amides is 1. The van der Waals surface area contributed by atoms with Gasteiger partial charge in [0.25, 0.3) is 0 Å². The number of anilines is 1. The van der Waals surface area contributed by atoms with Crippen LogP contribution in [0, 0.1) is 6.92 Å². The second kappa shape index (κ2) is 4.53. The molecule has 0 bridgehead atoms. The lowest BCUT2D eigenvalue weighted by molar-refractivity contribution is -0.116. The zero-order valence-electron chi connectivity index (χ0n) is 10.0. The molecule has 0 saturated carbocycles. The molecule has 0 spiro atoms. The molecule has 1 amide bonds. The third-order valence-electron chi connectivity index (χ3n) is 2.67. The second-order valence-corrected chi connectivity index (χ2v) is 4.10. The van der Waals surface area contributed by atoms with Crippen molar-refractivity contribution in [1.29, 1.82) is 0 Å². The summed E-state index contributed by atoms with van der Waals surface area (Å²) in [6.07, 6.45) is 0. The third-order valence-corrected chi connectivity index (χ3v) is 2.67. The lowest BCUT2D eigenvalue weighted by atomic mass is 10.1. The van der Waals surface area contributed by atoms with E-state index in [2.05, 4.69) is 0 Å². The molecule has 5 nitrogen and oxygen atoms in total. The number of nitrogens with zero attached hydrogens (tertiary/aromatic N) is 1. The number of rotatable bonds is 3. The van der Waals surface area contributed by atoms with Crippen molar-refractivity contribution in [2.45, 2.75) is 6.92 Å². The number of likely N-dealkylation sites (N-methyl/N-ethyl adjacent to an activating group) is 1. The molecule has 1 heterocycles. The first-order chi connectivity index (χ1) is 8.08. The van der Waals surface area contributed by atoms with E-state index in [1.165, 1.54) is 0 Å². The van der Waals surface area contributed by atoms with Crippen LogP contribution in [0.15, 0.2) is 12.1 Å². The summed E-state index contributed by atoms with van der Waals surface area (Å²) in [5.74, 6) is 1.11. The van der Waals surface area contributed by atoms with Gasteiger partial charge in [-0.15, -0.1) is 0 Å². The minimum atomic E-state index is -0.359. The van der Waals surface area contributed by atoms with Crippen LogP contribution in [0.3, 0.4) is 0 Å². The number of carbonyl (C=O) groups excluding carboxylic acids is 1. The summed E-state index contributed by atoms with van der Waals surface area (Å²) < 4.78 is 11.0. The van der Waals surface area contributed by atoms with E-state index in [1.54, 1.807) is 4.90 Å². The molecule has 2 rings (SSSR count). The standard InChI is InChI=1S/C12H16N2O3/c1-8-5-10-11(17-4-3-16-10)6-9(8)14(2)7-12(13)15/h5-6H,3-4,7H2,1-2H3,(H2,13,15). The number of fused-ring (bicyclic) bond motifs is 1. The molecule has 5 heteroatoms. The van der Waals surface area contributed by atoms with Gasteiger partial charge in [-0.3, -0.25) is 4.79 Å². The van der Waals surface area contributed by atoms with E-state index in [-0.39, 0.29) is 12.5 Å². The maximum absolute atomic E-state index is 10.9. The predicted molar refractivity (Wildman–Crippen MR) is 64.6 cm³/mol. The van der Waals surface area contributed by atoms with Crippen molar-refractivity contribution < 1.29 is 14.3 Å². The lowest BCUT2D eigenvalue weighted by Crippen LogP contribution is -2.31. The maximum Gasteiger partial charge on any atom is 0.236 e. The van der Waals surface area contributed by atoms with Crippen LogP contribution in [0.2, 0.25) is 0 Å². The molecular formula is C12H16N2O3. The van der Waals surface area contributed by atoms with Crippen LogP contribution < -0.4 is 20.1 Å². The Hall–Kier alpha value is -1.91. The Morgan fingerprint density at radius 2 is 1.94 bits per heavy atom. The van der Waals surface area contributed by atoms with Gasteiger partial charge in [-0.25, -0.2) is 0 Å². The fourth-order valence-corrected chi connectivity index (χ4v) is 1.91. The largest absolute Gasteiger partial charge is 0.486 e. The SMILES string of the molecule is Cc1cc2c(cc1N(C)CC(N)=O)OCCO2. The Labute approximate surface area is 100 Å². The molecule has 1 aromatic rings. The molecule has 92 valence electrons. The van der Waals surface area contributed by atoms with Crippen molar-refractivity contribution in [3.63, 3.8) is 0 Å². The van der Waals surface area contributed by atoms with Crippen molar-refractivity contribution in [2.24, 2.45) is 5.73 Å². The topological polar surface area (TPSA) is 64.8 Å². The van der Waals surface area contributed by atoms with Crippen molar-refractivity contribution in [1.82, 2.24) is 0 Å². The van der Waals surface area contributed by atoms with Crippen LogP contribution in [0.5, 0.6) is 11.5 Å². The van der Waals surface area contributed by atoms with Crippen molar-refractivity contribution in [2.75, 3.05) is 31.7 Å². The van der Waals surface area contributed by atoms with Gasteiger partial charge in [0.2, 0.25) is 5.91 Å². The van der Waals surface area contributed by atoms with Gasteiger partial charge in [-0.05, 0) is 18.6 Å². The highest BCUT2D eigenvalue weighted by molar-refractivity contribution is 5.80. The number of hydrogen-bond acceptors (Lipinski definition) is 4. The first kappa shape index (κ1) is 11.6. The first-order valence-electron chi connectivity index (χ1n) is 5.47. The van der Waals surface area contributed by atoms with Crippen LogP contribution in [-0.2, 0) is 4.79 Å². The molecule has 0 fully saturated rings. The summed E-state index contributed by atoms with van der Waals surface area (Å²) >= 11 is 0. The van der Waals surface area contributed by atoms with E-state index < -0.39 is 0 Å². The zero-order valence-corrected chi connectivity index (χ0v) is 10.0. The molecule has 2 N–H and O–H groups in total. The first-order valence-corrected chi connectivity index (χ1v) is 5.47. The van der Waals surface area contributed by atoms with E-state index in [1.807, 2.05) is 26.1 Å². The quantitative estimate of drug-likeness (QED) is 0.838. The van der Waals surface area contributed by atoms with Crippen molar-refractivity contribution in [3.05, 3.63) is 17.7 Å². The van der Waals surface area contributed by atoms with Gasteiger partial charge in [0.05, 0.1) is 6.54 Å². The van der Waals surface area contributed by atoms with Crippen molar-refractivity contribution >= 4 is 11.6 Å². The summed E-state index contributed by atoms with van der Waals surface area (Å²) in [6, 6.07) is 3.80. The fourth-order valence-electron chi connectivity index (χ4n) is 1.91. The average molecular weight is 236 g/mol. The molecule has 0 aromatic heterocycles. The Balaban J connectivity index is 2.31. The number of carbonyl (C=O) groups is 1. The lowest BCUT2D eigenvalue weighted by Gasteiger charge is -2.24. The third kappa shape index (κ3) is 2.43. The van der Waals surface area contributed by atoms with Gasteiger partial charge < -0.3 is 20.1 Å². The zero-order chi connectivity index (χ0) is 12.4. The van der Waals surface area contributed by atoms with E-state index in [0.717, 1.165) is 17.0 Å². The normalized spacial score (nSPS) is 13.3. The molecule has 1 aliphatic rings. The summed E-state index contributed by atoms with van der Waals surface area (Å²) in [7, 11) is 1.82. The minimum absolute atomic E-state index is 0.181. The number of benzene rings is 1. The van der Waals surface area contributed by atoms with Crippen LogP contribution in [0.1, 0.15) is 5.56 Å². The Morgan fingerprint density at radius 3 is 2.53 bits per heavy atom. The van der Waals surface area contributed by atoms with Gasteiger partial charge in [0.15, 0.2) is 11.5 Å². The van der Waals surface area contributed by atoms with Crippen LogP contribution in [0.4, 0.5) is 5.69 Å². The smallest absolute Gasteiger partial charge is 0.236 e. The number of nitrogens with two attached hydrogens (primary N) is 1. The number of aryl methyl sites for hydroxylation is 1. The Bertz CT molecular complexity index is 446. The summed E-state index contributed by atoms with van der Waals surface area (Å²) in [5, 5.41) is 0.